The summed E-state index contributed by atoms with van der Waals surface area (Å²) < 4.78 is 13.1. The molecule has 0 atom stereocenters. The van der Waals surface area contributed by atoms with Crippen LogP contribution in [0.15, 0.2) is 34.2 Å². The van der Waals surface area contributed by atoms with Gasteiger partial charge in [-0.1, -0.05) is 25.0 Å². The van der Waals surface area contributed by atoms with Gasteiger partial charge >= 0.3 is 0 Å². The topological polar surface area (TPSA) is 41.5 Å². The molecular weight excluding hydrogens is 275 g/mol. The summed E-state index contributed by atoms with van der Waals surface area (Å²) in [6, 6.07) is 6.54. The van der Waals surface area contributed by atoms with Gasteiger partial charge in [0.25, 0.3) is 5.91 Å². The van der Waals surface area contributed by atoms with E-state index in [0.717, 1.165) is 12.8 Å². The van der Waals surface area contributed by atoms with E-state index in [4.69, 9.17) is 0 Å². The number of halogens is 1. The molecule has 2 aliphatic rings. The van der Waals surface area contributed by atoms with Crippen molar-refractivity contribution in [1.82, 2.24) is 5.32 Å². The number of rotatable bonds is 2. The average molecular weight is 290 g/mol. The normalized spacial score (nSPS) is 23.8. The van der Waals surface area contributed by atoms with E-state index in [1.54, 1.807) is 18.2 Å². The van der Waals surface area contributed by atoms with Crippen molar-refractivity contribution in [2.75, 3.05) is 0 Å². The summed E-state index contributed by atoms with van der Waals surface area (Å²) in [7, 11) is 0. The fourth-order valence-corrected chi connectivity index (χ4v) is 3.33. The number of aliphatic imine (C=N–C) groups is 1. The number of hydrogen-bond donors (Lipinski definition) is 1. The van der Waals surface area contributed by atoms with Crippen molar-refractivity contribution in [2.24, 2.45) is 4.99 Å². The van der Waals surface area contributed by atoms with E-state index in [2.05, 4.69) is 10.3 Å². The van der Waals surface area contributed by atoms with Crippen molar-refractivity contribution in [1.29, 1.82) is 0 Å². The van der Waals surface area contributed by atoms with Crippen molar-refractivity contribution < 1.29 is 9.18 Å². The first-order valence-corrected chi connectivity index (χ1v) is 7.56. The van der Waals surface area contributed by atoms with Gasteiger partial charge in [0.1, 0.15) is 5.82 Å². The third kappa shape index (κ3) is 3.10. The monoisotopic (exact) mass is 290 g/mol. The van der Waals surface area contributed by atoms with Crippen LogP contribution in [-0.4, -0.2) is 17.1 Å². The van der Waals surface area contributed by atoms with Crippen molar-refractivity contribution >= 4 is 28.9 Å². The molecule has 3 nitrogen and oxygen atoms in total. The Hall–Kier alpha value is -1.62. The lowest BCUT2D eigenvalue weighted by atomic mass is 10.2. The second-order valence-corrected chi connectivity index (χ2v) is 6.02. The summed E-state index contributed by atoms with van der Waals surface area (Å²) in [6.07, 6.45) is 6.32. The van der Waals surface area contributed by atoms with Gasteiger partial charge in [0.15, 0.2) is 5.17 Å². The van der Waals surface area contributed by atoms with E-state index in [-0.39, 0.29) is 11.7 Å². The van der Waals surface area contributed by atoms with Gasteiger partial charge in [0, 0.05) is 0 Å². The summed E-state index contributed by atoms with van der Waals surface area (Å²) in [5.41, 5.74) is 0.685. The summed E-state index contributed by atoms with van der Waals surface area (Å²) in [4.78, 5) is 17.0. The van der Waals surface area contributed by atoms with E-state index in [1.165, 1.54) is 36.7 Å². The fraction of sp³-hybridized carbons (Fsp3) is 0.333. The summed E-state index contributed by atoms with van der Waals surface area (Å²) in [5.74, 6) is -0.460. The van der Waals surface area contributed by atoms with Gasteiger partial charge in [0.2, 0.25) is 0 Å². The fourth-order valence-electron chi connectivity index (χ4n) is 2.44. The van der Waals surface area contributed by atoms with E-state index >= 15 is 0 Å². The molecule has 20 heavy (non-hydrogen) atoms. The Bertz CT molecular complexity index is 591. The molecular formula is C15H15FN2OS. The molecule has 1 saturated carbocycles. The number of carbonyl (C=O) groups is 1. The predicted molar refractivity (Wildman–Crippen MR) is 79.8 cm³/mol. The van der Waals surface area contributed by atoms with Gasteiger partial charge in [0.05, 0.1) is 10.9 Å². The zero-order valence-electron chi connectivity index (χ0n) is 10.9. The molecule has 0 radical (unpaired) electrons. The highest BCUT2D eigenvalue weighted by Crippen LogP contribution is 2.29. The van der Waals surface area contributed by atoms with Gasteiger partial charge in [-0.25, -0.2) is 4.39 Å². The molecule has 1 aliphatic carbocycles. The highest BCUT2D eigenvalue weighted by atomic mass is 32.2. The number of amidine groups is 1. The molecule has 1 N–H and O–H groups in total. The molecule has 0 aromatic heterocycles. The molecule has 1 amide bonds. The van der Waals surface area contributed by atoms with Crippen LogP contribution in [0.3, 0.4) is 0 Å². The number of carbonyl (C=O) groups excluding carboxylic acids is 1. The van der Waals surface area contributed by atoms with Crippen molar-refractivity contribution in [2.45, 2.75) is 31.7 Å². The molecule has 3 rings (SSSR count). The van der Waals surface area contributed by atoms with Crippen LogP contribution in [0.5, 0.6) is 0 Å². The van der Waals surface area contributed by atoms with Crippen LogP contribution < -0.4 is 5.32 Å². The Labute approximate surface area is 121 Å². The lowest BCUT2D eigenvalue weighted by molar-refractivity contribution is -0.115. The van der Waals surface area contributed by atoms with Crippen LogP contribution >= 0.6 is 11.8 Å². The maximum atomic E-state index is 13.1. The minimum absolute atomic E-state index is 0.156. The van der Waals surface area contributed by atoms with Crippen LogP contribution in [-0.2, 0) is 4.79 Å². The van der Waals surface area contributed by atoms with Crippen LogP contribution in [0.25, 0.3) is 6.08 Å². The van der Waals surface area contributed by atoms with E-state index in [9.17, 15) is 9.18 Å². The van der Waals surface area contributed by atoms with Crippen LogP contribution in [0.2, 0.25) is 0 Å². The predicted octanol–water partition coefficient (Wildman–Crippen LogP) is 3.33. The van der Waals surface area contributed by atoms with Crippen molar-refractivity contribution in [3.63, 3.8) is 0 Å². The minimum Gasteiger partial charge on any atom is -0.301 e. The number of amides is 1. The molecule has 0 bridgehead atoms. The molecule has 0 unspecified atom stereocenters. The molecule has 1 aliphatic heterocycles. The third-order valence-corrected chi connectivity index (χ3v) is 4.35. The van der Waals surface area contributed by atoms with Gasteiger partial charge in [-0.15, -0.1) is 0 Å². The minimum atomic E-state index is -0.303. The highest BCUT2D eigenvalue weighted by molar-refractivity contribution is 8.18. The lowest BCUT2D eigenvalue weighted by Crippen LogP contribution is -2.21. The third-order valence-electron chi connectivity index (χ3n) is 3.42. The smallest absolute Gasteiger partial charge is 0.264 e. The zero-order valence-corrected chi connectivity index (χ0v) is 11.8. The zero-order chi connectivity index (χ0) is 13.9. The summed E-state index contributed by atoms with van der Waals surface area (Å²) >= 11 is 1.33. The maximum Gasteiger partial charge on any atom is 0.264 e. The van der Waals surface area contributed by atoms with Crippen LogP contribution in [0.4, 0.5) is 4.39 Å². The largest absolute Gasteiger partial charge is 0.301 e. The molecule has 5 heteroatoms. The number of nitrogens with zero attached hydrogens (tertiary/aromatic N) is 1. The second-order valence-electron chi connectivity index (χ2n) is 4.99. The van der Waals surface area contributed by atoms with Crippen LogP contribution in [0.1, 0.15) is 31.2 Å². The van der Waals surface area contributed by atoms with E-state index in [0.29, 0.717) is 21.7 Å². The first kappa shape index (κ1) is 13.4. The van der Waals surface area contributed by atoms with E-state index in [1.807, 2.05) is 0 Å². The van der Waals surface area contributed by atoms with E-state index < -0.39 is 0 Å². The first-order chi connectivity index (χ1) is 9.70. The van der Waals surface area contributed by atoms with Gasteiger partial charge < -0.3 is 5.32 Å². The first-order valence-electron chi connectivity index (χ1n) is 6.75. The van der Waals surface area contributed by atoms with Crippen LogP contribution in [0, 0.1) is 5.82 Å². The van der Waals surface area contributed by atoms with Gasteiger partial charge in [-0.3, -0.25) is 9.79 Å². The van der Waals surface area contributed by atoms with Gasteiger partial charge in [-0.2, -0.15) is 0 Å². The molecule has 2 fully saturated rings. The van der Waals surface area contributed by atoms with Crippen molar-refractivity contribution in [3.8, 4) is 0 Å². The van der Waals surface area contributed by atoms with Gasteiger partial charge in [-0.05, 0) is 48.4 Å². The highest BCUT2D eigenvalue weighted by Gasteiger charge is 2.25. The molecule has 1 heterocycles. The Morgan fingerprint density at radius 1 is 1.35 bits per heavy atom. The maximum absolute atomic E-state index is 13.1. The quantitative estimate of drug-likeness (QED) is 0.849. The Balaban J connectivity index is 1.76. The number of benzene rings is 1. The molecule has 1 saturated heterocycles. The molecule has 0 spiro atoms. The Kier molecular flexibility index (Phi) is 3.87. The molecule has 1 aromatic rings. The number of thioether (sulfide) groups is 1. The average Bonchev–Trinajstić information content (AvgIpc) is 3.01. The standard InChI is InChI=1S/C15H15FN2OS/c16-11-5-3-4-10(8-11)9-13-14(19)18-15(20-13)17-12-6-1-2-7-12/h3-5,8-9,12H,1-2,6-7H2,(H,17,18,19)/b13-9+. The molecule has 104 valence electrons. The Morgan fingerprint density at radius 3 is 2.90 bits per heavy atom. The molecule has 1 aromatic carbocycles. The SMILES string of the molecule is O=C1NC(=NC2CCCC2)S/C1=C/c1cccc(F)c1. The lowest BCUT2D eigenvalue weighted by Gasteiger charge is -2.02. The second kappa shape index (κ2) is 5.79. The van der Waals surface area contributed by atoms with Crippen molar-refractivity contribution in [3.05, 3.63) is 40.6 Å². The summed E-state index contributed by atoms with van der Waals surface area (Å²) in [6.45, 7) is 0. The number of hydrogen-bond acceptors (Lipinski definition) is 3. The Morgan fingerprint density at radius 2 is 2.15 bits per heavy atom. The summed E-state index contributed by atoms with van der Waals surface area (Å²) in [5, 5.41) is 3.45. The number of nitrogens with one attached hydrogen (secondary N) is 1.